The van der Waals surface area contributed by atoms with E-state index in [-0.39, 0.29) is 5.91 Å². The number of aromatic nitrogens is 3. The van der Waals surface area contributed by atoms with Crippen molar-refractivity contribution in [1.82, 2.24) is 19.8 Å². The van der Waals surface area contributed by atoms with Gasteiger partial charge in [-0.2, -0.15) is 11.3 Å². The van der Waals surface area contributed by atoms with Crippen LogP contribution in [0.5, 0.6) is 0 Å². The maximum absolute atomic E-state index is 12.8. The summed E-state index contributed by atoms with van der Waals surface area (Å²) in [6.45, 7) is 3.51. The fourth-order valence-electron chi connectivity index (χ4n) is 3.26. The van der Waals surface area contributed by atoms with Gasteiger partial charge in [-0.25, -0.2) is 9.97 Å². The maximum Gasteiger partial charge on any atom is 0.363 e. The highest BCUT2D eigenvalue weighted by atomic mass is 32.1. The van der Waals surface area contributed by atoms with E-state index in [2.05, 4.69) is 30.0 Å². The molecule has 0 atom stereocenters. The van der Waals surface area contributed by atoms with E-state index < -0.39 is 0 Å². The zero-order valence-corrected chi connectivity index (χ0v) is 16.9. The van der Waals surface area contributed by atoms with Crippen LogP contribution >= 0.6 is 11.3 Å². The Labute approximate surface area is 173 Å². The van der Waals surface area contributed by atoms with Gasteiger partial charge in [0.1, 0.15) is 5.69 Å². The van der Waals surface area contributed by atoms with E-state index in [9.17, 15) is 4.79 Å². The number of anilines is 2. The molecule has 3 aromatic rings. The van der Waals surface area contributed by atoms with E-state index >= 15 is 0 Å². The fraction of sp³-hybridized carbons (Fsp3) is 0.263. The van der Waals surface area contributed by atoms with Gasteiger partial charge in [-0.15, -0.1) is 0 Å². The number of amides is 1. The van der Waals surface area contributed by atoms with E-state index in [1.165, 1.54) is 0 Å². The summed E-state index contributed by atoms with van der Waals surface area (Å²) in [5.74, 6) is 0.260. The van der Waals surface area contributed by atoms with Gasteiger partial charge in [-0.05, 0) is 23.6 Å². The number of nitrogens with one attached hydrogen (secondary N) is 1. The molecule has 0 aliphatic carbocycles. The normalized spacial score (nSPS) is 14.6. The lowest BCUT2D eigenvalue weighted by Gasteiger charge is -2.36. The Morgan fingerprint density at radius 2 is 2.07 bits per heavy atom. The van der Waals surface area contributed by atoms with Crippen LogP contribution in [0.15, 0.2) is 47.5 Å². The summed E-state index contributed by atoms with van der Waals surface area (Å²) in [5, 5.41) is 6.88. The molecule has 8 nitrogen and oxygen atoms in total. The molecule has 0 saturated carbocycles. The van der Waals surface area contributed by atoms with E-state index in [4.69, 9.17) is 4.65 Å². The van der Waals surface area contributed by atoms with Crippen LogP contribution in [0.4, 0.5) is 11.4 Å². The molecular weight excluding hydrogens is 387 g/mol. The van der Waals surface area contributed by atoms with Crippen LogP contribution in [0.25, 0.3) is 11.4 Å². The van der Waals surface area contributed by atoms with Crippen LogP contribution in [0, 0.1) is 0 Å². The minimum atomic E-state index is -0.281. The number of piperazine rings is 1. The van der Waals surface area contributed by atoms with Crippen LogP contribution in [-0.2, 0) is 4.65 Å². The molecule has 1 aliphatic heterocycles. The number of thiophene rings is 1. The van der Waals surface area contributed by atoms with Crippen molar-refractivity contribution in [2.45, 2.75) is 0 Å². The van der Waals surface area contributed by atoms with Crippen LogP contribution < -0.4 is 10.2 Å². The van der Waals surface area contributed by atoms with Crippen LogP contribution in [-0.4, -0.2) is 66.6 Å². The van der Waals surface area contributed by atoms with Crippen LogP contribution in [0.3, 0.4) is 0 Å². The molecule has 1 amide bonds. The van der Waals surface area contributed by atoms with Crippen molar-refractivity contribution < 1.29 is 9.45 Å². The first-order valence-corrected chi connectivity index (χ1v) is 10.3. The number of carbonyl (C=O) groups excluding carboxylic acids is 1. The molecule has 29 heavy (non-hydrogen) atoms. The Hall–Kier alpha value is -2.82. The average molecular weight is 408 g/mol. The third-order valence-corrected chi connectivity index (χ3v) is 5.42. The predicted molar refractivity (Wildman–Crippen MR) is 115 cm³/mol. The summed E-state index contributed by atoms with van der Waals surface area (Å²) in [7, 11) is 2.34. The summed E-state index contributed by atoms with van der Waals surface area (Å²) in [6, 6.07) is 5.48. The molecule has 3 aromatic heterocycles. The summed E-state index contributed by atoms with van der Waals surface area (Å²) in [5.41, 5.74) is 2.85. The second-order valence-electron chi connectivity index (χ2n) is 6.65. The van der Waals surface area contributed by atoms with Gasteiger partial charge in [0.2, 0.25) is 0 Å². The third kappa shape index (κ3) is 4.61. The molecule has 4 rings (SSSR count). The molecule has 0 spiro atoms. The van der Waals surface area contributed by atoms with Gasteiger partial charge in [0.25, 0.3) is 5.91 Å². The van der Waals surface area contributed by atoms with E-state index in [1.54, 1.807) is 43.1 Å². The zero-order chi connectivity index (χ0) is 20.1. The molecular formula is C19H21BN6O2S. The molecule has 1 N–H and O–H groups in total. The first-order valence-electron chi connectivity index (χ1n) is 9.32. The maximum atomic E-state index is 12.8. The fourth-order valence-corrected chi connectivity index (χ4v) is 3.90. The highest BCUT2D eigenvalue weighted by Gasteiger charge is 2.21. The minimum absolute atomic E-state index is 0.281. The molecule has 10 heteroatoms. The minimum Gasteiger partial charge on any atom is -0.427 e. The Morgan fingerprint density at radius 1 is 1.21 bits per heavy atom. The molecule has 1 saturated heterocycles. The highest BCUT2D eigenvalue weighted by molar-refractivity contribution is 7.08. The Balaban J connectivity index is 1.49. The first kappa shape index (κ1) is 19.5. The molecule has 148 valence electrons. The SMILES string of the molecule is COBN1CCN(c2ccncc2NC(=O)c2ccnc(-c3ccsc3)n2)CC1. The second-order valence-corrected chi connectivity index (χ2v) is 7.43. The smallest absolute Gasteiger partial charge is 0.363 e. The number of rotatable bonds is 6. The summed E-state index contributed by atoms with van der Waals surface area (Å²) >= 11 is 1.57. The van der Waals surface area contributed by atoms with Gasteiger partial charge >= 0.3 is 7.62 Å². The molecule has 1 aliphatic rings. The molecule has 1 fully saturated rings. The number of pyridine rings is 1. The topological polar surface area (TPSA) is 83.5 Å². The van der Waals surface area contributed by atoms with E-state index in [0.717, 1.165) is 37.4 Å². The van der Waals surface area contributed by atoms with Crippen molar-refractivity contribution >= 4 is 36.2 Å². The van der Waals surface area contributed by atoms with Gasteiger partial charge in [0, 0.05) is 56.6 Å². The van der Waals surface area contributed by atoms with Crippen molar-refractivity contribution in [3.63, 3.8) is 0 Å². The van der Waals surface area contributed by atoms with Crippen molar-refractivity contribution in [2.75, 3.05) is 43.5 Å². The largest absolute Gasteiger partial charge is 0.427 e. The zero-order valence-electron chi connectivity index (χ0n) is 16.1. The summed E-state index contributed by atoms with van der Waals surface area (Å²) in [4.78, 5) is 30.2. The van der Waals surface area contributed by atoms with Gasteiger partial charge in [0.05, 0.1) is 17.6 Å². The lowest BCUT2D eigenvalue weighted by atomic mass is 10.1. The molecule has 0 bridgehead atoms. The standard InChI is InChI=1S/C19H21BN6O2S/c1-28-20-26-9-7-25(8-10-26)17-3-5-21-12-16(17)24-19(27)15-2-6-22-18(23-15)14-4-11-29-13-14/h2-6,11-13,20H,7-10H2,1H3,(H,24,27). The summed E-state index contributed by atoms with van der Waals surface area (Å²) in [6.07, 6.45) is 5.02. The van der Waals surface area contributed by atoms with Gasteiger partial charge in [-0.3, -0.25) is 9.78 Å². The van der Waals surface area contributed by atoms with Crippen molar-refractivity contribution in [3.8, 4) is 11.4 Å². The number of carbonyl (C=O) groups is 1. The van der Waals surface area contributed by atoms with Crippen molar-refractivity contribution in [3.05, 3.63) is 53.2 Å². The van der Waals surface area contributed by atoms with Gasteiger partial charge in [-0.1, -0.05) is 0 Å². The molecule has 0 radical (unpaired) electrons. The quantitative estimate of drug-likeness (QED) is 0.624. The lowest BCUT2D eigenvalue weighted by molar-refractivity contribution is 0.102. The monoisotopic (exact) mass is 408 g/mol. The number of nitrogens with zero attached hydrogens (tertiary/aromatic N) is 5. The van der Waals surface area contributed by atoms with Crippen LogP contribution in [0.1, 0.15) is 10.5 Å². The summed E-state index contributed by atoms with van der Waals surface area (Å²) < 4.78 is 5.21. The second kappa shape index (κ2) is 9.12. The van der Waals surface area contributed by atoms with E-state index in [1.807, 2.05) is 22.9 Å². The third-order valence-electron chi connectivity index (χ3n) is 4.74. The predicted octanol–water partition coefficient (Wildman–Crippen LogP) is 1.89. The molecule has 0 aromatic carbocycles. The average Bonchev–Trinajstić information content (AvgIpc) is 3.30. The highest BCUT2D eigenvalue weighted by Crippen LogP contribution is 2.26. The molecule has 0 unspecified atom stereocenters. The number of hydrogen-bond acceptors (Lipinski definition) is 8. The van der Waals surface area contributed by atoms with Crippen molar-refractivity contribution in [2.24, 2.45) is 0 Å². The lowest BCUT2D eigenvalue weighted by Crippen LogP contribution is -2.48. The van der Waals surface area contributed by atoms with Gasteiger partial charge in [0.15, 0.2) is 5.82 Å². The van der Waals surface area contributed by atoms with Gasteiger partial charge < -0.3 is 19.7 Å². The van der Waals surface area contributed by atoms with E-state index in [0.29, 0.717) is 24.8 Å². The first-order chi connectivity index (χ1) is 14.2. The Bertz CT molecular complexity index is 963. The van der Waals surface area contributed by atoms with Crippen molar-refractivity contribution in [1.29, 1.82) is 0 Å². The Kier molecular flexibility index (Phi) is 6.13. The van der Waals surface area contributed by atoms with Crippen LogP contribution in [0.2, 0.25) is 0 Å². The molecule has 4 heterocycles. The Morgan fingerprint density at radius 3 is 2.83 bits per heavy atom. The number of hydrogen-bond donors (Lipinski definition) is 1.